The fraction of sp³-hybridized carbons (Fsp3) is 0.538. The Bertz CT molecular complexity index is 461. The highest BCUT2D eigenvalue weighted by Gasteiger charge is 2.23. The number of likely N-dealkylation sites (tertiary alicyclic amines) is 1. The molecule has 2 rings (SSSR count). The number of nitrogens with one attached hydrogen (secondary N) is 1. The highest BCUT2D eigenvalue weighted by Crippen LogP contribution is 2.13. The molecule has 0 saturated carbocycles. The molecular formula is C13H19N3O3. The molecule has 6 nitrogen and oxygen atoms in total. The summed E-state index contributed by atoms with van der Waals surface area (Å²) in [4.78, 5) is 24.8. The quantitative estimate of drug-likeness (QED) is 0.817. The number of carbonyl (C=O) groups excluding carboxylic acids is 2. The molecule has 19 heavy (non-hydrogen) atoms. The lowest BCUT2D eigenvalue weighted by atomic mass is 10.0. The zero-order chi connectivity index (χ0) is 13.8. The fourth-order valence-electron chi connectivity index (χ4n) is 2.31. The van der Waals surface area contributed by atoms with E-state index in [2.05, 4.69) is 5.32 Å². The van der Waals surface area contributed by atoms with E-state index in [-0.39, 0.29) is 24.4 Å². The number of aryl methyl sites for hydroxylation is 1. The first kappa shape index (κ1) is 13.6. The zero-order valence-electron chi connectivity index (χ0n) is 11.0. The Kier molecular flexibility index (Phi) is 4.21. The van der Waals surface area contributed by atoms with Crippen molar-refractivity contribution < 1.29 is 14.0 Å². The molecule has 0 radical (unpaired) electrons. The van der Waals surface area contributed by atoms with Crippen LogP contribution in [0, 0.1) is 6.92 Å². The molecule has 0 aromatic carbocycles. The van der Waals surface area contributed by atoms with E-state index in [1.54, 1.807) is 6.07 Å². The van der Waals surface area contributed by atoms with E-state index in [1.165, 1.54) is 6.26 Å². The van der Waals surface area contributed by atoms with Gasteiger partial charge in [-0.1, -0.05) is 0 Å². The Morgan fingerprint density at radius 3 is 2.68 bits per heavy atom. The molecule has 1 fully saturated rings. The number of furan rings is 1. The number of hydrogen-bond acceptors (Lipinski definition) is 4. The molecule has 3 N–H and O–H groups in total. The van der Waals surface area contributed by atoms with Crippen molar-refractivity contribution in [2.45, 2.75) is 25.8 Å². The van der Waals surface area contributed by atoms with Crippen LogP contribution in [0.5, 0.6) is 0 Å². The van der Waals surface area contributed by atoms with Gasteiger partial charge in [0, 0.05) is 24.7 Å². The van der Waals surface area contributed by atoms with Gasteiger partial charge in [-0.05, 0) is 25.8 Å². The number of amides is 2. The smallest absolute Gasteiger partial charge is 0.287 e. The molecule has 0 spiro atoms. The maximum Gasteiger partial charge on any atom is 0.287 e. The summed E-state index contributed by atoms with van der Waals surface area (Å²) in [5.41, 5.74) is 5.99. The second-order valence-corrected chi connectivity index (χ2v) is 4.92. The normalized spacial score (nSPS) is 17.3. The van der Waals surface area contributed by atoms with Gasteiger partial charge >= 0.3 is 0 Å². The summed E-state index contributed by atoms with van der Waals surface area (Å²) in [5, 5.41) is 2.96. The van der Waals surface area contributed by atoms with Crippen LogP contribution in [0.2, 0.25) is 0 Å². The summed E-state index contributed by atoms with van der Waals surface area (Å²) in [6, 6.07) is 1.89. The van der Waals surface area contributed by atoms with Crippen LogP contribution in [0.15, 0.2) is 16.7 Å². The van der Waals surface area contributed by atoms with E-state index in [1.807, 2.05) is 11.8 Å². The lowest BCUT2D eigenvalue weighted by Crippen LogP contribution is -2.46. The molecule has 2 heterocycles. The van der Waals surface area contributed by atoms with Crippen LogP contribution in [0.4, 0.5) is 0 Å². The lowest BCUT2D eigenvalue weighted by Gasteiger charge is -2.31. The summed E-state index contributed by atoms with van der Waals surface area (Å²) >= 11 is 0. The number of rotatable bonds is 4. The van der Waals surface area contributed by atoms with Crippen molar-refractivity contribution in [2.75, 3.05) is 19.6 Å². The average molecular weight is 265 g/mol. The molecule has 1 saturated heterocycles. The van der Waals surface area contributed by atoms with Crippen LogP contribution in [0.1, 0.15) is 29.0 Å². The Morgan fingerprint density at radius 1 is 1.47 bits per heavy atom. The highest BCUT2D eigenvalue weighted by molar-refractivity contribution is 5.92. The summed E-state index contributed by atoms with van der Waals surface area (Å²) in [6.07, 6.45) is 3.15. The Balaban J connectivity index is 1.81. The molecule has 0 unspecified atom stereocenters. The number of hydrogen-bond donors (Lipinski definition) is 2. The Morgan fingerprint density at radius 2 is 2.16 bits per heavy atom. The van der Waals surface area contributed by atoms with E-state index < -0.39 is 0 Å². The molecule has 104 valence electrons. The van der Waals surface area contributed by atoms with Crippen LogP contribution in [-0.2, 0) is 4.79 Å². The lowest BCUT2D eigenvalue weighted by molar-refractivity contribution is -0.119. The maximum atomic E-state index is 12.0. The topological polar surface area (TPSA) is 88.6 Å². The minimum absolute atomic E-state index is 0.126. The van der Waals surface area contributed by atoms with Crippen LogP contribution in [0.3, 0.4) is 0 Å². The largest absolute Gasteiger partial charge is 0.459 e. The monoisotopic (exact) mass is 265 g/mol. The van der Waals surface area contributed by atoms with Crippen LogP contribution in [-0.4, -0.2) is 42.4 Å². The third-order valence-electron chi connectivity index (χ3n) is 3.37. The molecule has 2 amide bonds. The molecule has 6 heteroatoms. The van der Waals surface area contributed by atoms with Crippen LogP contribution >= 0.6 is 0 Å². The minimum atomic E-state index is -0.311. The van der Waals surface area contributed by atoms with Crippen molar-refractivity contribution in [2.24, 2.45) is 5.73 Å². The van der Waals surface area contributed by atoms with Gasteiger partial charge < -0.3 is 15.5 Å². The first-order valence-electron chi connectivity index (χ1n) is 6.42. The Hall–Kier alpha value is -1.82. The molecule has 1 aliphatic heterocycles. The van der Waals surface area contributed by atoms with E-state index in [0.29, 0.717) is 5.76 Å². The van der Waals surface area contributed by atoms with Gasteiger partial charge in [0.2, 0.25) is 5.91 Å². The first-order valence-corrected chi connectivity index (χ1v) is 6.42. The predicted octanol–water partition coefficient (Wildman–Crippen LogP) is 0.268. The summed E-state index contributed by atoms with van der Waals surface area (Å²) in [7, 11) is 0. The second-order valence-electron chi connectivity index (χ2n) is 4.92. The van der Waals surface area contributed by atoms with Gasteiger partial charge in [-0.2, -0.15) is 0 Å². The summed E-state index contributed by atoms with van der Waals surface area (Å²) in [6.45, 7) is 3.67. The van der Waals surface area contributed by atoms with Gasteiger partial charge in [-0.25, -0.2) is 0 Å². The van der Waals surface area contributed by atoms with Crippen molar-refractivity contribution in [3.63, 3.8) is 0 Å². The molecule has 1 aliphatic rings. The molecular weight excluding hydrogens is 246 g/mol. The fourth-order valence-corrected chi connectivity index (χ4v) is 2.31. The van der Waals surface area contributed by atoms with Gasteiger partial charge in [0.1, 0.15) is 0 Å². The molecule has 0 aliphatic carbocycles. The first-order chi connectivity index (χ1) is 9.06. The van der Waals surface area contributed by atoms with E-state index in [4.69, 9.17) is 10.2 Å². The van der Waals surface area contributed by atoms with Gasteiger partial charge in [-0.3, -0.25) is 14.5 Å². The van der Waals surface area contributed by atoms with Gasteiger partial charge in [-0.15, -0.1) is 0 Å². The van der Waals surface area contributed by atoms with Crippen LogP contribution in [0.25, 0.3) is 0 Å². The molecule has 0 bridgehead atoms. The van der Waals surface area contributed by atoms with Crippen molar-refractivity contribution in [1.29, 1.82) is 0 Å². The molecule has 1 aromatic rings. The van der Waals surface area contributed by atoms with E-state index >= 15 is 0 Å². The average Bonchev–Trinajstić information content (AvgIpc) is 2.77. The number of nitrogens with two attached hydrogens (primary N) is 1. The maximum absolute atomic E-state index is 12.0. The Labute approximate surface area is 111 Å². The van der Waals surface area contributed by atoms with Crippen molar-refractivity contribution in [3.8, 4) is 0 Å². The minimum Gasteiger partial charge on any atom is -0.459 e. The summed E-state index contributed by atoms with van der Waals surface area (Å²) < 4.78 is 5.16. The number of nitrogens with zero attached hydrogens (tertiary/aromatic N) is 1. The predicted molar refractivity (Wildman–Crippen MR) is 69.6 cm³/mol. The zero-order valence-corrected chi connectivity index (χ0v) is 11.0. The standard InChI is InChI=1S/C13H19N3O3/c1-9-4-7-19-12(9)13(18)15-10-2-5-16(6-3-10)8-11(14)17/h4,7,10H,2-3,5-6,8H2,1H3,(H2,14,17)(H,15,18). The highest BCUT2D eigenvalue weighted by atomic mass is 16.3. The summed E-state index contributed by atoms with van der Waals surface area (Å²) in [5.74, 6) is -0.107. The van der Waals surface area contributed by atoms with Crippen molar-refractivity contribution >= 4 is 11.8 Å². The van der Waals surface area contributed by atoms with Gasteiger partial charge in [0.25, 0.3) is 5.91 Å². The number of primary amides is 1. The van der Waals surface area contributed by atoms with Gasteiger partial charge in [0.15, 0.2) is 5.76 Å². The van der Waals surface area contributed by atoms with E-state index in [0.717, 1.165) is 31.5 Å². The third kappa shape index (κ3) is 3.57. The van der Waals surface area contributed by atoms with Crippen molar-refractivity contribution in [3.05, 3.63) is 23.7 Å². The SMILES string of the molecule is Cc1ccoc1C(=O)NC1CCN(CC(N)=O)CC1. The number of carbonyl (C=O) groups is 2. The van der Waals surface area contributed by atoms with Crippen LogP contribution < -0.4 is 11.1 Å². The van der Waals surface area contributed by atoms with Gasteiger partial charge in [0.05, 0.1) is 12.8 Å². The second kappa shape index (κ2) is 5.88. The number of piperidine rings is 1. The molecule has 1 aromatic heterocycles. The third-order valence-corrected chi connectivity index (χ3v) is 3.37. The molecule has 0 atom stereocenters. The van der Waals surface area contributed by atoms with Crippen molar-refractivity contribution in [1.82, 2.24) is 10.2 Å². The van der Waals surface area contributed by atoms with E-state index in [9.17, 15) is 9.59 Å².